The van der Waals surface area contributed by atoms with Crippen molar-refractivity contribution in [1.82, 2.24) is 4.98 Å². The van der Waals surface area contributed by atoms with E-state index in [1.807, 2.05) is 6.07 Å². The van der Waals surface area contributed by atoms with E-state index in [2.05, 4.69) is 20.9 Å². The van der Waals surface area contributed by atoms with Crippen LogP contribution >= 0.6 is 27.3 Å². The van der Waals surface area contributed by atoms with Crippen molar-refractivity contribution in [1.29, 1.82) is 0 Å². The molecule has 0 amide bonds. The first-order chi connectivity index (χ1) is 7.15. The van der Waals surface area contributed by atoms with Crippen molar-refractivity contribution in [3.8, 4) is 0 Å². The van der Waals surface area contributed by atoms with Crippen LogP contribution in [0.4, 0.5) is 9.52 Å². The molecule has 5 heteroatoms. The zero-order valence-electron chi connectivity index (χ0n) is 7.71. The summed E-state index contributed by atoms with van der Waals surface area (Å²) >= 11 is 4.76. The lowest BCUT2D eigenvalue weighted by Gasteiger charge is -1.98. The molecule has 0 bridgehead atoms. The summed E-state index contributed by atoms with van der Waals surface area (Å²) < 4.78 is 13.8. The number of thiazole rings is 1. The van der Waals surface area contributed by atoms with E-state index in [-0.39, 0.29) is 5.82 Å². The lowest BCUT2D eigenvalue weighted by atomic mass is 10.1. The number of rotatable bonds is 2. The van der Waals surface area contributed by atoms with Crippen LogP contribution in [0.2, 0.25) is 0 Å². The fraction of sp³-hybridized carbons (Fsp3) is 0.100. The van der Waals surface area contributed by atoms with Crippen molar-refractivity contribution >= 4 is 32.4 Å². The van der Waals surface area contributed by atoms with Gasteiger partial charge >= 0.3 is 0 Å². The van der Waals surface area contributed by atoms with Gasteiger partial charge in [-0.3, -0.25) is 0 Å². The lowest BCUT2D eigenvalue weighted by molar-refractivity contribution is 0.626. The molecule has 0 saturated carbocycles. The van der Waals surface area contributed by atoms with Crippen molar-refractivity contribution in [3.63, 3.8) is 0 Å². The normalized spacial score (nSPS) is 10.5. The monoisotopic (exact) mass is 286 g/mol. The van der Waals surface area contributed by atoms with Crippen LogP contribution in [0.3, 0.4) is 0 Å². The number of nitrogen functional groups attached to an aromatic ring is 1. The standard InChI is InChI=1S/C10H8BrFN2S/c11-9-8(14-10(13)15-9)5-6-2-1-3-7(12)4-6/h1-4H,5H2,(H2,13,14). The first-order valence-corrected chi connectivity index (χ1v) is 5.91. The van der Waals surface area contributed by atoms with Crippen LogP contribution in [-0.2, 0) is 6.42 Å². The van der Waals surface area contributed by atoms with Gasteiger partial charge in [0.05, 0.1) is 9.48 Å². The van der Waals surface area contributed by atoms with E-state index in [1.165, 1.54) is 23.5 Å². The molecular formula is C10H8BrFN2S. The van der Waals surface area contributed by atoms with Crippen LogP contribution in [0, 0.1) is 5.82 Å². The fourth-order valence-corrected chi connectivity index (χ4v) is 2.60. The van der Waals surface area contributed by atoms with Crippen molar-refractivity contribution in [2.45, 2.75) is 6.42 Å². The Morgan fingerprint density at radius 1 is 1.47 bits per heavy atom. The van der Waals surface area contributed by atoms with Crippen LogP contribution in [0.1, 0.15) is 11.3 Å². The van der Waals surface area contributed by atoms with Gasteiger partial charge in [-0.25, -0.2) is 9.37 Å². The molecule has 0 fully saturated rings. The third-order valence-corrected chi connectivity index (χ3v) is 3.59. The summed E-state index contributed by atoms with van der Waals surface area (Å²) in [5, 5.41) is 0.522. The number of nitrogens with two attached hydrogens (primary N) is 1. The van der Waals surface area contributed by atoms with Gasteiger partial charge in [0.15, 0.2) is 5.13 Å². The molecule has 0 aliphatic rings. The maximum atomic E-state index is 12.9. The highest BCUT2D eigenvalue weighted by molar-refractivity contribution is 9.11. The minimum absolute atomic E-state index is 0.230. The second kappa shape index (κ2) is 4.28. The van der Waals surface area contributed by atoms with E-state index in [9.17, 15) is 4.39 Å². The van der Waals surface area contributed by atoms with Crippen molar-refractivity contribution in [2.24, 2.45) is 0 Å². The Hall–Kier alpha value is -0.940. The van der Waals surface area contributed by atoms with Gasteiger partial charge in [0.25, 0.3) is 0 Å². The number of halogens is 2. The molecule has 78 valence electrons. The summed E-state index contributed by atoms with van der Waals surface area (Å²) in [7, 11) is 0. The summed E-state index contributed by atoms with van der Waals surface area (Å²) in [6, 6.07) is 6.48. The van der Waals surface area contributed by atoms with E-state index in [1.54, 1.807) is 6.07 Å². The summed E-state index contributed by atoms with van der Waals surface area (Å²) in [5.41, 5.74) is 7.31. The molecule has 2 rings (SSSR count). The van der Waals surface area contributed by atoms with Gasteiger partial charge in [-0.15, -0.1) is 0 Å². The molecule has 0 spiro atoms. The molecule has 0 unspecified atom stereocenters. The molecule has 0 aliphatic heterocycles. The second-order valence-electron chi connectivity index (χ2n) is 3.08. The zero-order valence-corrected chi connectivity index (χ0v) is 10.1. The smallest absolute Gasteiger partial charge is 0.181 e. The molecule has 2 aromatic rings. The SMILES string of the molecule is Nc1nc(Cc2cccc(F)c2)c(Br)s1. The van der Waals surface area contributed by atoms with E-state index in [0.29, 0.717) is 11.6 Å². The number of aromatic nitrogens is 1. The topological polar surface area (TPSA) is 38.9 Å². The fourth-order valence-electron chi connectivity index (χ4n) is 1.30. The predicted octanol–water partition coefficient (Wildman–Crippen LogP) is 3.22. The average molecular weight is 287 g/mol. The van der Waals surface area contributed by atoms with Gasteiger partial charge in [-0.1, -0.05) is 23.5 Å². The predicted molar refractivity (Wildman–Crippen MR) is 63.4 cm³/mol. The summed E-state index contributed by atoms with van der Waals surface area (Å²) in [6.45, 7) is 0. The Bertz CT molecular complexity index is 484. The van der Waals surface area contributed by atoms with Crippen LogP contribution in [0.15, 0.2) is 28.1 Å². The first kappa shape index (κ1) is 10.6. The van der Waals surface area contributed by atoms with E-state index >= 15 is 0 Å². The van der Waals surface area contributed by atoms with Gasteiger partial charge in [-0.2, -0.15) is 0 Å². The average Bonchev–Trinajstić information content (AvgIpc) is 2.45. The Morgan fingerprint density at radius 3 is 2.87 bits per heavy atom. The van der Waals surface area contributed by atoms with Crippen LogP contribution in [-0.4, -0.2) is 4.98 Å². The van der Waals surface area contributed by atoms with Crippen LogP contribution in [0.5, 0.6) is 0 Å². The van der Waals surface area contributed by atoms with Crippen LogP contribution < -0.4 is 5.73 Å². The minimum atomic E-state index is -0.230. The summed E-state index contributed by atoms with van der Waals surface area (Å²) in [4.78, 5) is 4.16. The molecule has 1 aromatic carbocycles. The van der Waals surface area contributed by atoms with Gasteiger partial charge in [0.1, 0.15) is 5.82 Å². The molecule has 0 radical (unpaired) electrons. The number of hydrogen-bond donors (Lipinski definition) is 1. The second-order valence-corrected chi connectivity index (χ2v) is 5.43. The summed E-state index contributed by atoms with van der Waals surface area (Å²) in [5.74, 6) is -0.230. The highest BCUT2D eigenvalue weighted by Crippen LogP contribution is 2.28. The highest BCUT2D eigenvalue weighted by atomic mass is 79.9. The van der Waals surface area contributed by atoms with E-state index in [0.717, 1.165) is 15.0 Å². The molecule has 15 heavy (non-hydrogen) atoms. The molecule has 2 N–H and O–H groups in total. The van der Waals surface area contributed by atoms with Crippen molar-refractivity contribution in [3.05, 3.63) is 45.1 Å². The lowest BCUT2D eigenvalue weighted by Crippen LogP contribution is -1.91. The maximum Gasteiger partial charge on any atom is 0.181 e. The van der Waals surface area contributed by atoms with Gasteiger partial charge in [0.2, 0.25) is 0 Å². The largest absolute Gasteiger partial charge is 0.375 e. The molecule has 1 heterocycles. The number of nitrogens with zero attached hydrogens (tertiary/aromatic N) is 1. The van der Waals surface area contributed by atoms with Gasteiger partial charge in [-0.05, 0) is 33.6 Å². The quantitative estimate of drug-likeness (QED) is 0.921. The molecule has 0 atom stereocenters. The molecule has 2 nitrogen and oxygen atoms in total. The number of hydrogen-bond acceptors (Lipinski definition) is 3. The molecular weight excluding hydrogens is 279 g/mol. The third kappa shape index (κ3) is 2.54. The first-order valence-electron chi connectivity index (χ1n) is 4.30. The highest BCUT2D eigenvalue weighted by Gasteiger charge is 2.07. The van der Waals surface area contributed by atoms with Crippen molar-refractivity contribution < 1.29 is 4.39 Å². The number of benzene rings is 1. The zero-order chi connectivity index (χ0) is 10.8. The van der Waals surface area contributed by atoms with E-state index in [4.69, 9.17) is 5.73 Å². The van der Waals surface area contributed by atoms with Gasteiger partial charge in [0, 0.05) is 6.42 Å². The third-order valence-electron chi connectivity index (χ3n) is 1.93. The Morgan fingerprint density at radius 2 is 2.27 bits per heavy atom. The minimum Gasteiger partial charge on any atom is -0.375 e. The maximum absolute atomic E-state index is 12.9. The summed E-state index contributed by atoms with van der Waals surface area (Å²) in [6.07, 6.45) is 0.589. The molecule has 1 aromatic heterocycles. The van der Waals surface area contributed by atoms with Gasteiger partial charge < -0.3 is 5.73 Å². The molecule has 0 saturated heterocycles. The Labute approximate surface area is 99.1 Å². The Kier molecular flexibility index (Phi) is 3.02. The van der Waals surface area contributed by atoms with Crippen molar-refractivity contribution in [2.75, 3.05) is 5.73 Å². The molecule has 0 aliphatic carbocycles. The van der Waals surface area contributed by atoms with E-state index < -0.39 is 0 Å². The number of anilines is 1. The Balaban J connectivity index is 2.25. The van der Waals surface area contributed by atoms with Crippen LogP contribution in [0.25, 0.3) is 0 Å².